The molecule has 0 aliphatic carbocycles. The molecule has 0 heterocycles. The van der Waals surface area contributed by atoms with Gasteiger partial charge < -0.3 is 5.32 Å². The van der Waals surface area contributed by atoms with E-state index in [1.54, 1.807) is 0 Å². The van der Waals surface area contributed by atoms with Crippen molar-refractivity contribution < 1.29 is 18.4 Å². The molecule has 0 fully saturated rings. The molecular formula is C13H15F2NO2. The number of carbonyl (C=O) groups excluding carboxylic acids is 2. The van der Waals surface area contributed by atoms with Gasteiger partial charge in [0, 0.05) is 6.54 Å². The quantitative estimate of drug-likeness (QED) is 0.482. The van der Waals surface area contributed by atoms with Crippen molar-refractivity contribution in [2.75, 3.05) is 6.54 Å². The van der Waals surface area contributed by atoms with Gasteiger partial charge in [-0.2, -0.15) is 0 Å². The summed E-state index contributed by atoms with van der Waals surface area (Å²) in [7, 11) is 0. The number of hydrogen-bond donors (Lipinski definition) is 1. The van der Waals surface area contributed by atoms with Gasteiger partial charge in [0.15, 0.2) is 0 Å². The molecule has 0 bridgehead atoms. The van der Waals surface area contributed by atoms with E-state index in [0.29, 0.717) is 6.54 Å². The molecule has 1 aromatic carbocycles. The van der Waals surface area contributed by atoms with Crippen LogP contribution in [0.1, 0.15) is 36.5 Å². The van der Waals surface area contributed by atoms with Crippen LogP contribution in [-0.2, 0) is 4.79 Å². The molecule has 1 rings (SSSR count). The summed E-state index contributed by atoms with van der Waals surface area (Å²) in [5, 5.41) is 2.38. The average molecular weight is 255 g/mol. The number of benzene rings is 1. The highest BCUT2D eigenvalue weighted by molar-refractivity contribution is 6.42. The fourth-order valence-electron chi connectivity index (χ4n) is 1.45. The molecule has 1 amide bonds. The number of halogens is 2. The predicted octanol–water partition coefficient (Wildman–Crippen LogP) is 2.45. The molecule has 0 spiro atoms. The second-order valence-electron chi connectivity index (χ2n) is 3.92. The first-order chi connectivity index (χ1) is 8.56. The molecule has 0 aliphatic rings. The lowest BCUT2D eigenvalue weighted by molar-refractivity contribution is -0.117. The van der Waals surface area contributed by atoms with Crippen LogP contribution in [0.4, 0.5) is 8.78 Å². The summed E-state index contributed by atoms with van der Waals surface area (Å²) in [4.78, 5) is 23.0. The molecule has 5 heteroatoms. The second kappa shape index (κ2) is 6.83. The minimum Gasteiger partial charge on any atom is -0.349 e. The Morgan fingerprint density at radius 2 is 1.94 bits per heavy atom. The van der Waals surface area contributed by atoms with Crippen LogP contribution >= 0.6 is 0 Å². The van der Waals surface area contributed by atoms with Gasteiger partial charge in [-0.15, -0.1) is 0 Å². The Kier molecular flexibility index (Phi) is 5.42. The lowest BCUT2D eigenvalue weighted by Crippen LogP contribution is -2.32. The molecule has 0 aromatic heterocycles. The van der Waals surface area contributed by atoms with Gasteiger partial charge in [-0.3, -0.25) is 9.59 Å². The number of carbonyl (C=O) groups is 2. The van der Waals surface area contributed by atoms with E-state index in [0.717, 1.165) is 37.5 Å². The van der Waals surface area contributed by atoms with Crippen molar-refractivity contribution in [1.29, 1.82) is 0 Å². The topological polar surface area (TPSA) is 46.2 Å². The maximum Gasteiger partial charge on any atom is 0.292 e. The Balaban J connectivity index is 2.63. The zero-order valence-electron chi connectivity index (χ0n) is 10.1. The summed E-state index contributed by atoms with van der Waals surface area (Å²) in [6.45, 7) is 2.37. The molecule has 0 radical (unpaired) electrons. The van der Waals surface area contributed by atoms with Crippen molar-refractivity contribution in [3.8, 4) is 0 Å². The van der Waals surface area contributed by atoms with E-state index in [1.165, 1.54) is 0 Å². The molecule has 0 unspecified atom stereocenters. The summed E-state index contributed by atoms with van der Waals surface area (Å²) in [5.74, 6) is -3.61. The highest BCUT2D eigenvalue weighted by Crippen LogP contribution is 2.10. The largest absolute Gasteiger partial charge is 0.349 e. The van der Waals surface area contributed by atoms with E-state index in [2.05, 4.69) is 5.32 Å². The Labute approximate surface area is 104 Å². The number of rotatable bonds is 6. The third-order valence-corrected chi connectivity index (χ3v) is 2.45. The van der Waals surface area contributed by atoms with Gasteiger partial charge in [0.05, 0.1) is 5.56 Å². The Hall–Kier alpha value is -1.78. The van der Waals surface area contributed by atoms with Gasteiger partial charge in [0.25, 0.3) is 11.7 Å². The number of amides is 1. The fraction of sp³-hybridized carbons (Fsp3) is 0.385. The summed E-state index contributed by atoms with van der Waals surface area (Å²) in [5.41, 5.74) is -0.539. The van der Waals surface area contributed by atoms with Crippen molar-refractivity contribution in [3.05, 3.63) is 35.4 Å². The Morgan fingerprint density at radius 1 is 1.22 bits per heavy atom. The molecule has 98 valence electrons. The standard InChI is InChI=1S/C13H15F2NO2/c1-2-3-4-7-16-13(18)12(17)10-8-9(14)5-6-11(10)15/h5-6,8H,2-4,7H2,1H3,(H,16,18). The number of ketones is 1. The zero-order valence-corrected chi connectivity index (χ0v) is 10.1. The van der Waals surface area contributed by atoms with Gasteiger partial charge in [0.1, 0.15) is 11.6 Å². The summed E-state index contributed by atoms with van der Waals surface area (Å²) >= 11 is 0. The van der Waals surface area contributed by atoms with Crippen LogP contribution in [0, 0.1) is 11.6 Å². The van der Waals surface area contributed by atoms with Gasteiger partial charge in [-0.25, -0.2) is 8.78 Å². The zero-order chi connectivity index (χ0) is 13.5. The van der Waals surface area contributed by atoms with Crippen LogP contribution in [-0.4, -0.2) is 18.2 Å². The summed E-state index contributed by atoms with van der Waals surface area (Å²) in [6.07, 6.45) is 2.67. The van der Waals surface area contributed by atoms with Gasteiger partial charge in [0.2, 0.25) is 0 Å². The highest BCUT2D eigenvalue weighted by atomic mass is 19.1. The van der Waals surface area contributed by atoms with Crippen molar-refractivity contribution in [2.24, 2.45) is 0 Å². The average Bonchev–Trinajstić information content (AvgIpc) is 2.36. The maximum atomic E-state index is 13.3. The van der Waals surface area contributed by atoms with E-state index in [9.17, 15) is 18.4 Å². The second-order valence-corrected chi connectivity index (χ2v) is 3.92. The fourth-order valence-corrected chi connectivity index (χ4v) is 1.45. The van der Waals surface area contributed by atoms with Crippen LogP contribution in [0.5, 0.6) is 0 Å². The molecule has 0 atom stereocenters. The van der Waals surface area contributed by atoms with E-state index in [1.807, 2.05) is 6.92 Å². The van der Waals surface area contributed by atoms with Crippen LogP contribution in [0.25, 0.3) is 0 Å². The molecule has 0 saturated carbocycles. The predicted molar refractivity (Wildman–Crippen MR) is 63.2 cm³/mol. The number of Topliss-reactive ketones (excluding diaryl/α,β-unsaturated/α-hetero) is 1. The molecule has 18 heavy (non-hydrogen) atoms. The molecule has 1 N–H and O–H groups in total. The first-order valence-corrected chi connectivity index (χ1v) is 5.83. The molecule has 3 nitrogen and oxygen atoms in total. The SMILES string of the molecule is CCCCCNC(=O)C(=O)c1cc(F)ccc1F. The Morgan fingerprint density at radius 3 is 2.61 bits per heavy atom. The van der Waals surface area contributed by atoms with E-state index in [-0.39, 0.29) is 0 Å². The van der Waals surface area contributed by atoms with E-state index < -0.39 is 28.9 Å². The van der Waals surface area contributed by atoms with Crippen molar-refractivity contribution in [2.45, 2.75) is 26.2 Å². The Bertz CT molecular complexity index is 447. The third-order valence-electron chi connectivity index (χ3n) is 2.45. The third kappa shape index (κ3) is 3.91. The highest BCUT2D eigenvalue weighted by Gasteiger charge is 2.20. The van der Waals surface area contributed by atoms with Crippen LogP contribution < -0.4 is 5.32 Å². The lowest BCUT2D eigenvalue weighted by atomic mass is 10.1. The summed E-state index contributed by atoms with van der Waals surface area (Å²) in [6, 6.07) is 2.45. The van der Waals surface area contributed by atoms with Crippen LogP contribution in [0.2, 0.25) is 0 Å². The number of unbranched alkanes of at least 4 members (excludes halogenated alkanes) is 2. The minimum absolute atomic E-state index is 0.356. The van der Waals surface area contributed by atoms with Gasteiger partial charge >= 0.3 is 0 Å². The normalized spacial score (nSPS) is 10.2. The minimum atomic E-state index is -1.05. The van der Waals surface area contributed by atoms with Crippen molar-refractivity contribution in [3.63, 3.8) is 0 Å². The lowest BCUT2D eigenvalue weighted by Gasteiger charge is -2.04. The van der Waals surface area contributed by atoms with Gasteiger partial charge in [-0.1, -0.05) is 19.8 Å². The monoisotopic (exact) mass is 255 g/mol. The van der Waals surface area contributed by atoms with Gasteiger partial charge in [-0.05, 0) is 24.6 Å². The smallest absolute Gasteiger partial charge is 0.292 e. The first-order valence-electron chi connectivity index (χ1n) is 5.83. The molecular weight excluding hydrogens is 240 g/mol. The van der Waals surface area contributed by atoms with Crippen molar-refractivity contribution in [1.82, 2.24) is 5.32 Å². The maximum absolute atomic E-state index is 13.3. The summed E-state index contributed by atoms with van der Waals surface area (Å²) < 4.78 is 26.1. The van der Waals surface area contributed by atoms with E-state index in [4.69, 9.17) is 0 Å². The van der Waals surface area contributed by atoms with Crippen LogP contribution in [0.3, 0.4) is 0 Å². The molecule has 1 aromatic rings. The van der Waals surface area contributed by atoms with Crippen molar-refractivity contribution >= 4 is 11.7 Å². The van der Waals surface area contributed by atoms with Crippen LogP contribution in [0.15, 0.2) is 18.2 Å². The molecule has 0 aliphatic heterocycles. The molecule has 0 saturated heterocycles. The number of nitrogens with one attached hydrogen (secondary N) is 1. The van der Waals surface area contributed by atoms with E-state index >= 15 is 0 Å². The number of hydrogen-bond acceptors (Lipinski definition) is 2. The first kappa shape index (κ1) is 14.3.